The van der Waals surface area contributed by atoms with Crippen molar-refractivity contribution in [3.63, 3.8) is 0 Å². The maximum atomic E-state index is 5.98. The first kappa shape index (κ1) is 16.0. The lowest BCUT2D eigenvalue weighted by Gasteiger charge is -2.19. The van der Waals surface area contributed by atoms with Crippen LogP contribution in [0, 0.1) is 0 Å². The van der Waals surface area contributed by atoms with Crippen LogP contribution in [-0.2, 0) is 12.8 Å². The molecule has 0 bridgehead atoms. The van der Waals surface area contributed by atoms with E-state index in [0.717, 1.165) is 36.5 Å². The standard InChI is InChI=1S/C18H23ClN2/c1-3-11-20-18(15-6-8-16(19)9-7-15)12-17-10-5-14(4-2)13-21-17/h5-10,13,18,20H,3-4,11-12H2,1-2H3. The van der Waals surface area contributed by atoms with Crippen LogP contribution in [0.4, 0.5) is 0 Å². The van der Waals surface area contributed by atoms with Crippen molar-refractivity contribution in [3.8, 4) is 0 Å². The van der Waals surface area contributed by atoms with Crippen molar-refractivity contribution in [3.05, 3.63) is 64.4 Å². The largest absolute Gasteiger partial charge is 0.310 e. The number of nitrogens with zero attached hydrogens (tertiary/aromatic N) is 1. The van der Waals surface area contributed by atoms with Crippen LogP contribution in [0.25, 0.3) is 0 Å². The predicted octanol–water partition coefficient (Wildman–Crippen LogP) is 4.58. The van der Waals surface area contributed by atoms with Crippen LogP contribution >= 0.6 is 11.6 Å². The van der Waals surface area contributed by atoms with Crippen molar-refractivity contribution in [2.24, 2.45) is 0 Å². The van der Waals surface area contributed by atoms with E-state index >= 15 is 0 Å². The average Bonchev–Trinajstić information content (AvgIpc) is 2.53. The van der Waals surface area contributed by atoms with Crippen molar-refractivity contribution in [1.82, 2.24) is 10.3 Å². The Kier molecular flexibility index (Phi) is 6.21. The maximum absolute atomic E-state index is 5.98. The van der Waals surface area contributed by atoms with E-state index in [1.165, 1.54) is 11.1 Å². The molecule has 2 nitrogen and oxygen atoms in total. The Morgan fingerprint density at radius 3 is 2.43 bits per heavy atom. The van der Waals surface area contributed by atoms with Crippen LogP contribution in [0.1, 0.15) is 43.1 Å². The van der Waals surface area contributed by atoms with Gasteiger partial charge in [0.2, 0.25) is 0 Å². The van der Waals surface area contributed by atoms with Crippen molar-refractivity contribution < 1.29 is 0 Å². The van der Waals surface area contributed by atoms with Crippen LogP contribution in [0.15, 0.2) is 42.6 Å². The SMILES string of the molecule is CCCNC(Cc1ccc(CC)cn1)c1ccc(Cl)cc1. The molecule has 0 spiro atoms. The minimum absolute atomic E-state index is 0.280. The van der Waals surface area contributed by atoms with Gasteiger partial charge >= 0.3 is 0 Å². The molecule has 1 N–H and O–H groups in total. The number of aromatic nitrogens is 1. The van der Waals surface area contributed by atoms with Gasteiger partial charge in [0.25, 0.3) is 0 Å². The molecule has 1 heterocycles. The van der Waals surface area contributed by atoms with E-state index in [1.54, 1.807) is 0 Å². The summed E-state index contributed by atoms with van der Waals surface area (Å²) < 4.78 is 0. The first-order chi connectivity index (χ1) is 10.2. The summed E-state index contributed by atoms with van der Waals surface area (Å²) >= 11 is 5.98. The summed E-state index contributed by atoms with van der Waals surface area (Å²) in [5.74, 6) is 0. The fraction of sp³-hybridized carbons (Fsp3) is 0.389. The monoisotopic (exact) mass is 302 g/mol. The summed E-state index contributed by atoms with van der Waals surface area (Å²) in [5.41, 5.74) is 3.66. The molecule has 21 heavy (non-hydrogen) atoms. The minimum atomic E-state index is 0.280. The third-order valence-corrected chi connectivity index (χ3v) is 3.87. The number of rotatable bonds is 7. The van der Waals surface area contributed by atoms with Crippen molar-refractivity contribution in [2.75, 3.05) is 6.54 Å². The second-order valence-corrected chi connectivity index (χ2v) is 5.71. The van der Waals surface area contributed by atoms with Gasteiger partial charge in [0, 0.05) is 29.4 Å². The van der Waals surface area contributed by atoms with Gasteiger partial charge < -0.3 is 5.32 Å². The fourth-order valence-corrected chi connectivity index (χ4v) is 2.44. The highest BCUT2D eigenvalue weighted by Crippen LogP contribution is 2.20. The van der Waals surface area contributed by atoms with E-state index < -0.39 is 0 Å². The summed E-state index contributed by atoms with van der Waals surface area (Å²) in [5, 5.41) is 4.38. The molecule has 0 fully saturated rings. The molecule has 3 heteroatoms. The molecule has 1 aromatic heterocycles. The van der Waals surface area contributed by atoms with Crippen molar-refractivity contribution in [1.29, 1.82) is 0 Å². The van der Waals surface area contributed by atoms with Gasteiger partial charge in [0.05, 0.1) is 0 Å². The van der Waals surface area contributed by atoms with Gasteiger partial charge in [-0.1, -0.05) is 43.6 Å². The van der Waals surface area contributed by atoms with Crippen LogP contribution in [0.3, 0.4) is 0 Å². The van der Waals surface area contributed by atoms with Gasteiger partial charge in [-0.05, 0) is 48.7 Å². The summed E-state index contributed by atoms with van der Waals surface area (Å²) in [6, 6.07) is 12.7. The van der Waals surface area contributed by atoms with Gasteiger partial charge in [0.15, 0.2) is 0 Å². The molecule has 1 unspecified atom stereocenters. The molecule has 0 aliphatic carbocycles. The topological polar surface area (TPSA) is 24.9 Å². The number of halogens is 1. The van der Waals surface area contributed by atoms with E-state index in [2.05, 4.69) is 48.4 Å². The molecule has 0 amide bonds. The highest BCUT2D eigenvalue weighted by atomic mass is 35.5. The smallest absolute Gasteiger partial charge is 0.0422 e. The van der Waals surface area contributed by atoms with E-state index in [0.29, 0.717) is 0 Å². The maximum Gasteiger partial charge on any atom is 0.0422 e. The van der Waals surface area contributed by atoms with Crippen molar-refractivity contribution >= 4 is 11.6 Å². The fourth-order valence-electron chi connectivity index (χ4n) is 2.32. The van der Waals surface area contributed by atoms with Crippen molar-refractivity contribution in [2.45, 2.75) is 39.2 Å². The molecule has 2 rings (SSSR count). The number of hydrogen-bond donors (Lipinski definition) is 1. The van der Waals surface area contributed by atoms with E-state index in [-0.39, 0.29) is 6.04 Å². The van der Waals surface area contributed by atoms with Crippen LogP contribution < -0.4 is 5.32 Å². The molecule has 0 aliphatic heterocycles. The molecular weight excluding hydrogens is 280 g/mol. The zero-order valence-electron chi connectivity index (χ0n) is 12.8. The lowest BCUT2D eigenvalue weighted by Crippen LogP contribution is -2.24. The number of aryl methyl sites for hydroxylation is 1. The highest BCUT2D eigenvalue weighted by Gasteiger charge is 2.12. The second kappa shape index (κ2) is 8.16. The van der Waals surface area contributed by atoms with Crippen LogP contribution in [-0.4, -0.2) is 11.5 Å². The molecule has 2 aromatic rings. The Labute approximate surface area is 132 Å². The first-order valence-electron chi connectivity index (χ1n) is 7.65. The number of nitrogens with one attached hydrogen (secondary N) is 1. The third-order valence-electron chi connectivity index (χ3n) is 3.62. The van der Waals surface area contributed by atoms with Crippen LogP contribution in [0.2, 0.25) is 5.02 Å². The van der Waals surface area contributed by atoms with E-state index in [4.69, 9.17) is 11.6 Å². The van der Waals surface area contributed by atoms with Gasteiger partial charge in [-0.3, -0.25) is 4.98 Å². The highest BCUT2D eigenvalue weighted by molar-refractivity contribution is 6.30. The average molecular weight is 303 g/mol. The quantitative estimate of drug-likeness (QED) is 0.809. The number of pyridine rings is 1. The van der Waals surface area contributed by atoms with Crippen LogP contribution in [0.5, 0.6) is 0 Å². The zero-order chi connectivity index (χ0) is 15.1. The summed E-state index contributed by atoms with van der Waals surface area (Å²) in [7, 11) is 0. The number of benzene rings is 1. The van der Waals surface area contributed by atoms with Gasteiger partial charge in [-0.2, -0.15) is 0 Å². The molecule has 112 valence electrons. The Hall–Kier alpha value is -1.38. The Morgan fingerprint density at radius 1 is 1.10 bits per heavy atom. The molecule has 0 aliphatic rings. The van der Waals surface area contributed by atoms with Gasteiger partial charge in [-0.25, -0.2) is 0 Å². The first-order valence-corrected chi connectivity index (χ1v) is 8.03. The summed E-state index contributed by atoms with van der Waals surface area (Å²) in [6.07, 6.45) is 5.02. The minimum Gasteiger partial charge on any atom is -0.310 e. The number of hydrogen-bond acceptors (Lipinski definition) is 2. The third kappa shape index (κ3) is 4.83. The van der Waals surface area contributed by atoms with Gasteiger partial charge in [0.1, 0.15) is 0 Å². The molecule has 0 radical (unpaired) electrons. The molecular formula is C18H23ClN2. The Balaban J connectivity index is 2.13. The molecule has 1 aromatic carbocycles. The molecule has 0 saturated carbocycles. The Morgan fingerprint density at radius 2 is 1.86 bits per heavy atom. The van der Waals surface area contributed by atoms with E-state index in [9.17, 15) is 0 Å². The lowest BCUT2D eigenvalue weighted by atomic mass is 10.0. The predicted molar refractivity (Wildman–Crippen MR) is 89.8 cm³/mol. The summed E-state index contributed by atoms with van der Waals surface area (Å²) in [4.78, 5) is 4.57. The molecule has 1 atom stereocenters. The second-order valence-electron chi connectivity index (χ2n) is 5.27. The van der Waals surface area contributed by atoms with Gasteiger partial charge in [-0.15, -0.1) is 0 Å². The zero-order valence-corrected chi connectivity index (χ0v) is 13.5. The summed E-state index contributed by atoms with van der Waals surface area (Å²) in [6.45, 7) is 5.33. The Bertz CT molecular complexity index is 534. The lowest BCUT2D eigenvalue weighted by molar-refractivity contribution is 0.524. The normalized spacial score (nSPS) is 12.3. The molecule has 0 saturated heterocycles. The van der Waals surface area contributed by atoms with E-state index in [1.807, 2.05) is 18.3 Å².